The molecule has 1 fully saturated rings. The molecule has 21 heavy (non-hydrogen) atoms. The van der Waals surface area contributed by atoms with Crippen molar-refractivity contribution in [1.29, 1.82) is 0 Å². The molecule has 0 radical (unpaired) electrons. The second-order valence-electron chi connectivity index (χ2n) is 5.56. The van der Waals surface area contributed by atoms with Gasteiger partial charge >= 0.3 is 0 Å². The first-order valence-corrected chi connectivity index (χ1v) is 7.39. The third-order valence-corrected chi connectivity index (χ3v) is 4.27. The first-order chi connectivity index (χ1) is 10.3. The minimum atomic E-state index is -0.0253. The van der Waals surface area contributed by atoms with Crippen LogP contribution >= 0.6 is 0 Å². The third-order valence-electron chi connectivity index (χ3n) is 4.27. The fraction of sp³-hybridized carbons (Fsp3) is 0.438. The van der Waals surface area contributed by atoms with Crippen molar-refractivity contribution in [2.75, 3.05) is 13.1 Å². The molecule has 0 aliphatic carbocycles. The van der Waals surface area contributed by atoms with E-state index in [9.17, 15) is 9.59 Å². The Bertz CT molecular complexity index is 536. The van der Waals surface area contributed by atoms with Crippen molar-refractivity contribution in [1.82, 2.24) is 9.91 Å². The predicted octanol–water partition coefficient (Wildman–Crippen LogP) is 1.81. The van der Waals surface area contributed by atoms with Gasteiger partial charge in [-0.2, -0.15) is 5.10 Å². The Morgan fingerprint density at radius 1 is 1.19 bits per heavy atom. The van der Waals surface area contributed by atoms with Crippen LogP contribution in [0.1, 0.15) is 30.9 Å². The van der Waals surface area contributed by atoms with Crippen LogP contribution in [0.3, 0.4) is 0 Å². The number of benzene rings is 1. The maximum absolute atomic E-state index is 12.7. The molecule has 1 unspecified atom stereocenters. The molecule has 2 heterocycles. The van der Waals surface area contributed by atoms with Gasteiger partial charge in [-0.05, 0) is 18.4 Å². The van der Waals surface area contributed by atoms with E-state index in [4.69, 9.17) is 0 Å². The molecule has 1 aromatic rings. The highest BCUT2D eigenvalue weighted by Crippen LogP contribution is 2.31. The molecule has 2 aliphatic rings. The number of carbonyl (C=O) groups excluding carboxylic acids is 2. The zero-order valence-electron chi connectivity index (χ0n) is 11.9. The van der Waals surface area contributed by atoms with Crippen molar-refractivity contribution in [3.8, 4) is 0 Å². The van der Waals surface area contributed by atoms with Gasteiger partial charge in [0.25, 0.3) is 0 Å². The second-order valence-corrected chi connectivity index (χ2v) is 5.56. The van der Waals surface area contributed by atoms with Gasteiger partial charge in [-0.3, -0.25) is 9.59 Å². The third kappa shape index (κ3) is 2.82. The van der Waals surface area contributed by atoms with Gasteiger partial charge in [0.2, 0.25) is 12.3 Å². The summed E-state index contributed by atoms with van der Waals surface area (Å²) in [5.41, 5.74) is 1.12. The van der Waals surface area contributed by atoms with E-state index < -0.39 is 0 Å². The number of nitrogens with zero attached hydrogens (tertiary/aromatic N) is 3. The first kappa shape index (κ1) is 13.8. The molecule has 5 heteroatoms. The van der Waals surface area contributed by atoms with Gasteiger partial charge in [0.1, 0.15) is 0 Å². The van der Waals surface area contributed by atoms with Crippen molar-refractivity contribution in [3.05, 3.63) is 35.9 Å². The van der Waals surface area contributed by atoms with E-state index in [2.05, 4.69) is 5.10 Å². The fourth-order valence-electron chi connectivity index (χ4n) is 3.02. The molecule has 0 bridgehead atoms. The van der Waals surface area contributed by atoms with Crippen LogP contribution in [0.2, 0.25) is 0 Å². The Balaban J connectivity index is 1.69. The summed E-state index contributed by atoms with van der Waals surface area (Å²) in [6.07, 6.45) is 4.90. The highest BCUT2D eigenvalue weighted by molar-refractivity contribution is 5.82. The van der Waals surface area contributed by atoms with Crippen molar-refractivity contribution in [2.45, 2.75) is 25.3 Å². The van der Waals surface area contributed by atoms with Crippen LogP contribution in [-0.2, 0) is 9.59 Å². The molecule has 3 rings (SSSR count). The van der Waals surface area contributed by atoms with Gasteiger partial charge in [-0.15, -0.1) is 0 Å². The van der Waals surface area contributed by atoms with Gasteiger partial charge in [0.15, 0.2) is 0 Å². The lowest BCUT2D eigenvalue weighted by atomic mass is 9.94. The summed E-state index contributed by atoms with van der Waals surface area (Å²) < 4.78 is 0. The highest BCUT2D eigenvalue weighted by Gasteiger charge is 2.34. The number of likely N-dealkylation sites (tertiary alicyclic amines) is 1. The standard InChI is InChI=1S/C16H19N3O2/c20-12-18-10-7-14(8-11-18)16(21)19-15(6-9-17-19)13-4-2-1-3-5-13/h1-5,9,12,14-15H,6-8,10-11H2. The minimum absolute atomic E-state index is 0.0165. The zero-order chi connectivity index (χ0) is 14.7. The summed E-state index contributed by atoms with van der Waals surface area (Å²) >= 11 is 0. The monoisotopic (exact) mass is 285 g/mol. The molecule has 1 aromatic carbocycles. The largest absolute Gasteiger partial charge is 0.345 e. The number of hydrazone groups is 1. The van der Waals surface area contributed by atoms with Crippen molar-refractivity contribution in [3.63, 3.8) is 0 Å². The average Bonchev–Trinajstić information content (AvgIpc) is 3.04. The Hall–Kier alpha value is -2.17. The van der Waals surface area contributed by atoms with E-state index in [1.807, 2.05) is 36.5 Å². The molecular weight excluding hydrogens is 266 g/mol. The lowest BCUT2D eigenvalue weighted by Gasteiger charge is -2.32. The Kier molecular flexibility index (Phi) is 3.99. The molecule has 1 saturated heterocycles. The summed E-state index contributed by atoms with van der Waals surface area (Å²) in [6, 6.07) is 10.0. The van der Waals surface area contributed by atoms with E-state index in [0.717, 1.165) is 31.2 Å². The molecule has 0 spiro atoms. The number of rotatable bonds is 3. The van der Waals surface area contributed by atoms with Crippen LogP contribution in [0.4, 0.5) is 0 Å². The van der Waals surface area contributed by atoms with Gasteiger partial charge in [0.05, 0.1) is 6.04 Å². The lowest BCUT2D eigenvalue weighted by Crippen LogP contribution is -2.40. The molecule has 0 aromatic heterocycles. The average molecular weight is 285 g/mol. The SMILES string of the molecule is O=CN1CCC(C(=O)N2N=CCC2c2ccccc2)CC1. The van der Waals surface area contributed by atoms with Crippen molar-refractivity contribution < 1.29 is 9.59 Å². The van der Waals surface area contributed by atoms with Crippen molar-refractivity contribution in [2.24, 2.45) is 11.0 Å². The fourth-order valence-corrected chi connectivity index (χ4v) is 3.02. The normalized spacial score (nSPS) is 22.6. The zero-order valence-corrected chi connectivity index (χ0v) is 11.9. The molecule has 1 atom stereocenters. The summed E-state index contributed by atoms with van der Waals surface area (Å²) in [7, 11) is 0. The number of hydrogen-bond donors (Lipinski definition) is 0. The van der Waals surface area contributed by atoms with E-state index in [-0.39, 0.29) is 17.9 Å². The molecule has 5 nitrogen and oxygen atoms in total. The second kappa shape index (κ2) is 6.08. The Morgan fingerprint density at radius 3 is 2.57 bits per heavy atom. The minimum Gasteiger partial charge on any atom is -0.345 e. The van der Waals surface area contributed by atoms with Crippen LogP contribution < -0.4 is 0 Å². The lowest BCUT2D eigenvalue weighted by molar-refractivity contribution is -0.140. The Labute approximate surface area is 124 Å². The highest BCUT2D eigenvalue weighted by atomic mass is 16.2. The maximum Gasteiger partial charge on any atom is 0.246 e. The van der Waals surface area contributed by atoms with Gasteiger partial charge in [-0.1, -0.05) is 30.3 Å². The van der Waals surface area contributed by atoms with E-state index in [1.165, 1.54) is 0 Å². The summed E-state index contributed by atoms with van der Waals surface area (Å²) in [4.78, 5) is 25.1. The summed E-state index contributed by atoms with van der Waals surface area (Å²) in [6.45, 7) is 1.32. The molecule has 0 N–H and O–H groups in total. The number of piperidine rings is 1. The quantitative estimate of drug-likeness (QED) is 0.795. The summed E-state index contributed by atoms with van der Waals surface area (Å²) in [5.74, 6) is 0.0609. The number of hydrogen-bond acceptors (Lipinski definition) is 3. The number of carbonyl (C=O) groups is 2. The summed E-state index contributed by atoms with van der Waals surface area (Å²) in [5, 5.41) is 5.92. The molecule has 2 amide bonds. The van der Waals surface area contributed by atoms with Crippen LogP contribution in [0.5, 0.6) is 0 Å². The van der Waals surface area contributed by atoms with Crippen molar-refractivity contribution >= 4 is 18.5 Å². The maximum atomic E-state index is 12.7. The topological polar surface area (TPSA) is 53.0 Å². The van der Waals surface area contributed by atoms with Crippen LogP contribution in [0, 0.1) is 5.92 Å². The smallest absolute Gasteiger partial charge is 0.246 e. The van der Waals surface area contributed by atoms with E-state index in [1.54, 1.807) is 9.91 Å². The van der Waals surface area contributed by atoms with E-state index >= 15 is 0 Å². The van der Waals surface area contributed by atoms with Gasteiger partial charge in [0, 0.05) is 31.6 Å². The molecule has 0 saturated carbocycles. The van der Waals surface area contributed by atoms with Crippen LogP contribution in [0.25, 0.3) is 0 Å². The predicted molar refractivity (Wildman–Crippen MR) is 79.5 cm³/mol. The van der Waals surface area contributed by atoms with Gasteiger partial charge < -0.3 is 4.90 Å². The molecular formula is C16H19N3O2. The Morgan fingerprint density at radius 2 is 1.90 bits per heavy atom. The first-order valence-electron chi connectivity index (χ1n) is 7.39. The number of amides is 2. The van der Waals surface area contributed by atoms with Crippen LogP contribution in [-0.4, -0.2) is 41.5 Å². The molecule has 2 aliphatic heterocycles. The van der Waals surface area contributed by atoms with E-state index in [0.29, 0.717) is 13.1 Å². The molecule has 110 valence electrons. The van der Waals surface area contributed by atoms with Gasteiger partial charge in [-0.25, -0.2) is 5.01 Å². The van der Waals surface area contributed by atoms with Crippen LogP contribution in [0.15, 0.2) is 35.4 Å².